The highest BCUT2D eigenvalue weighted by atomic mass is 19.1. The molecule has 1 amide bonds. The smallest absolute Gasteiger partial charge is 0.410 e. The largest absolute Gasteiger partial charge is 0.444 e. The number of carbonyl (C=O) groups is 1. The molecule has 1 heterocycles. The van der Waals surface area contributed by atoms with Gasteiger partial charge in [-0.2, -0.15) is 0 Å². The zero-order valence-corrected chi connectivity index (χ0v) is 14.4. The van der Waals surface area contributed by atoms with Crippen molar-refractivity contribution in [1.29, 1.82) is 0 Å². The van der Waals surface area contributed by atoms with Gasteiger partial charge in [0.25, 0.3) is 0 Å². The molecule has 1 aliphatic rings. The first kappa shape index (κ1) is 17.7. The predicted molar refractivity (Wildman–Crippen MR) is 88.8 cm³/mol. The van der Waals surface area contributed by atoms with Gasteiger partial charge < -0.3 is 15.0 Å². The second kappa shape index (κ2) is 7.30. The van der Waals surface area contributed by atoms with Crippen molar-refractivity contribution in [3.63, 3.8) is 0 Å². The number of likely N-dealkylation sites (tertiary alicyclic amines) is 1. The highest BCUT2D eigenvalue weighted by Crippen LogP contribution is 2.19. The molecule has 0 radical (unpaired) electrons. The Kier molecular flexibility index (Phi) is 5.63. The zero-order valence-electron chi connectivity index (χ0n) is 14.4. The van der Waals surface area contributed by atoms with Crippen molar-refractivity contribution in [1.82, 2.24) is 10.2 Å². The Morgan fingerprint density at radius 2 is 1.83 bits per heavy atom. The molecule has 1 saturated heterocycles. The number of nitrogens with one attached hydrogen (secondary N) is 1. The molecule has 0 saturated carbocycles. The fourth-order valence-corrected chi connectivity index (χ4v) is 2.76. The van der Waals surface area contributed by atoms with Gasteiger partial charge in [-0.15, -0.1) is 0 Å². The average molecular weight is 322 g/mol. The van der Waals surface area contributed by atoms with Crippen LogP contribution in [0, 0.1) is 5.82 Å². The van der Waals surface area contributed by atoms with Crippen molar-refractivity contribution < 1.29 is 13.9 Å². The number of hydrogen-bond acceptors (Lipinski definition) is 3. The highest BCUT2D eigenvalue weighted by Gasteiger charge is 2.27. The summed E-state index contributed by atoms with van der Waals surface area (Å²) < 4.78 is 18.4. The number of nitrogens with zero attached hydrogens (tertiary/aromatic N) is 1. The molecule has 1 aromatic rings. The first-order valence-electron chi connectivity index (χ1n) is 8.24. The van der Waals surface area contributed by atoms with Crippen LogP contribution in [0.1, 0.15) is 52.1 Å². The third-order valence-electron chi connectivity index (χ3n) is 4.00. The van der Waals surface area contributed by atoms with E-state index in [9.17, 15) is 9.18 Å². The van der Waals surface area contributed by atoms with Gasteiger partial charge in [-0.3, -0.25) is 0 Å². The van der Waals surface area contributed by atoms with Crippen LogP contribution in [0.3, 0.4) is 0 Å². The Morgan fingerprint density at radius 1 is 1.26 bits per heavy atom. The molecule has 128 valence electrons. The molecule has 1 fully saturated rings. The quantitative estimate of drug-likeness (QED) is 0.918. The molecule has 1 atom stereocenters. The fraction of sp³-hybridized carbons (Fsp3) is 0.611. The van der Waals surface area contributed by atoms with Crippen LogP contribution in [0.5, 0.6) is 0 Å². The Balaban J connectivity index is 1.80. The van der Waals surface area contributed by atoms with Crippen LogP contribution in [0.15, 0.2) is 24.3 Å². The summed E-state index contributed by atoms with van der Waals surface area (Å²) in [7, 11) is 0. The predicted octanol–water partition coefficient (Wildman–Crippen LogP) is 3.88. The van der Waals surface area contributed by atoms with E-state index < -0.39 is 5.60 Å². The minimum Gasteiger partial charge on any atom is -0.444 e. The van der Waals surface area contributed by atoms with Gasteiger partial charge in [-0.25, -0.2) is 9.18 Å². The van der Waals surface area contributed by atoms with Crippen molar-refractivity contribution in [3.8, 4) is 0 Å². The molecule has 2 rings (SSSR count). The van der Waals surface area contributed by atoms with E-state index in [4.69, 9.17) is 4.74 Å². The lowest BCUT2D eigenvalue weighted by molar-refractivity contribution is 0.0196. The van der Waals surface area contributed by atoms with E-state index in [1.54, 1.807) is 4.90 Å². The standard InChI is InChI=1S/C18H27FN2O2/c1-13(14-5-7-15(19)8-6-14)20-16-9-11-21(12-10-16)17(22)23-18(2,3)4/h5-8,13,16,20H,9-12H2,1-4H3/t13-/m0/s1. The van der Waals surface area contributed by atoms with E-state index in [2.05, 4.69) is 12.2 Å². The van der Waals surface area contributed by atoms with Gasteiger partial charge in [-0.1, -0.05) is 12.1 Å². The van der Waals surface area contributed by atoms with Gasteiger partial charge >= 0.3 is 6.09 Å². The first-order valence-corrected chi connectivity index (χ1v) is 8.24. The maximum atomic E-state index is 13.0. The summed E-state index contributed by atoms with van der Waals surface area (Å²) in [6.07, 6.45) is 1.55. The van der Waals surface area contributed by atoms with Crippen molar-refractivity contribution >= 4 is 6.09 Å². The first-order chi connectivity index (χ1) is 10.7. The summed E-state index contributed by atoms with van der Waals surface area (Å²) in [6, 6.07) is 7.10. The molecule has 23 heavy (non-hydrogen) atoms. The number of carbonyl (C=O) groups excluding carboxylic acids is 1. The number of ether oxygens (including phenoxy) is 1. The van der Waals surface area contributed by atoms with Crippen molar-refractivity contribution in [2.24, 2.45) is 0 Å². The van der Waals surface area contributed by atoms with Crippen molar-refractivity contribution in [2.45, 2.75) is 58.2 Å². The van der Waals surface area contributed by atoms with Crippen LogP contribution in [-0.4, -0.2) is 35.7 Å². The van der Waals surface area contributed by atoms with Crippen LogP contribution in [0.4, 0.5) is 9.18 Å². The molecule has 0 aliphatic carbocycles. The van der Waals surface area contributed by atoms with Crippen LogP contribution >= 0.6 is 0 Å². The lowest BCUT2D eigenvalue weighted by atomic mass is 10.0. The molecule has 1 aliphatic heterocycles. The maximum Gasteiger partial charge on any atom is 0.410 e. The van der Waals surface area contributed by atoms with Gasteiger partial charge in [0.05, 0.1) is 0 Å². The van der Waals surface area contributed by atoms with Crippen molar-refractivity contribution in [3.05, 3.63) is 35.6 Å². The number of benzene rings is 1. The third-order valence-corrected chi connectivity index (χ3v) is 4.00. The maximum absolute atomic E-state index is 13.0. The second-order valence-corrected chi connectivity index (χ2v) is 7.18. The average Bonchev–Trinajstić information content (AvgIpc) is 2.46. The molecule has 4 nitrogen and oxygen atoms in total. The molecular weight excluding hydrogens is 295 g/mol. The van der Waals surface area contributed by atoms with E-state index in [0.717, 1.165) is 18.4 Å². The minimum absolute atomic E-state index is 0.161. The summed E-state index contributed by atoms with van der Waals surface area (Å²) in [5, 5.41) is 3.56. The van der Waals surface area contributed by atoms with Crippen molar-refractivity contribution in [2.75, 3.05) is 13.1 Å². The molecule has 0 spiro atoms. The zero-order chi connectivity index (χ0) is 17.0. The van der Waals surface area contributed by atoms with Crippen LogP contribution in [0.2, 0.25) is 0 Å². The number of piperidine rings is 1. The van der Waals surface area contributed by atoms with E-state index in [1.807, 2.05) is 32.9 Å². The van der Waals surface area contributed by atoms with Crippen LogP contribution in [0.25, 0.3) is 0 Å². The van der Waals surface area contributed by atoms with Crippen LogP contribution < -0.4 is 5.32 Å². The number of amides is 1. The monoisotopic (exact) mass is 322 g/mol. The number of rotatable bonds is 3. The summed E-state index contributed by atoms with van der Waals surface area (Å²) in [6.45, 7) is 9.11. The molecule has 5 heteroatoms. The normalized spacial score (nSPS) is 17.9. The number of halogens is 1. The van der Waals surface area contributed by atoms with E-state index in [1.165, 1.54) is 12.1 Å². The van der Waals surface area contributed by atoms with E-state index in [0.29, 0.717) is 19.1 Å². The van der Waals surface area contributed by atoms with E-state index in [-0.39, 0.29) is 18.0 Å². The lowest BCUT2D eigenvalue weighted by Gasteiger charge is -2.35. The Labute approximate surface area is 138 Å². The molecule has 0 unspecified atom stereocenters. The summed E-state index contributed by atoms with van der Waals surface area (Å²) in [4.78, 5) is 13.8. The fourth-order valence-electron chi connectivity index (χ4n) is 2.76. The van der Waals surface area contributed by atoms with Gasteiger partial charge in [-0.05, 0) is 58.2 Å². The summed E-state index contributed by atoms with van der Waals surface area (Å²) in [5.41, 5.74) is 0.615. The van der Waals surface area contributed by atoms with Gasteiger partial charge in [0.2, 0.25) is 0 Å². The Hall–Kier alpha value is -1.62. The minimum atomic E-state index is -0.455. The van der Waals surface area contributed by atoms with Gasteiger partial charge in [0.15, 0.2) is 0 Å². The number of hydrogen-bond donors (Lipinski definition) is 1. The van der Waals surface area contributed by atoms with Gasteiger partial charge in [0, 0.05) is 25.2 Å². The molecule has 1 N–H and O–H groups in total. The second-order valence-electron chi connectivity index (χ2n) is 7.18. The molecule has 1 aromatic carbocycles. The Bertz CT molecular complexity index is 517. The molecule has 0 aromatic heterocycles. The summed E-state index contributed by atoms with van der Waals surface area (Å²) in [5.74, 6) is -0.216. The molecular formula is C18H27FN2O2. The Morgan fingerprint density at radius 3 is 2.35 bits per heavy atom. The van der Waals surface area contributed by atoms with E-state index >= 15 is 0 Å². The van der Waals surface area contributed by atoms with Gasteiger partial charge in [0.1, 0.15) is 11.4 Å². The van der Waals surface area contributed by atoms with Crippen LogP contribution in [-0.2, 0) is 4.74 Å². The SMILES string of the molecule is C[C@H](NC1CCN(C(=O)OC(C)(C)C)CC1)c1ccc(F)cc1. The highest BCUT2D eigenvalue weighted by molar-refractivity contribution is 5.68. The topological polar surface area (TPSA) is 41.6 Å². The molecule has 0 bridgehead atoms. The summed E-state index contributed by atoms with van der Waals surface area (Å²) >= 11 is 0. The lowest BCUT2D eigenvalue weighted by Crippen LogP contribution is -2.46. The third kappa shape index (κ3) is 5.50.